The van der Waals surface area contributed by atoms with Crippen LogP contribution in [0.3, 0.4) is 0 Å². The normalized spacial score (nSPS) is 25.6. The van der Waals surface area contributed by atoms with E-state index in [0.29, 0.717) is 6.54 Å². The SMILES string of the molecule is CN1C2CCCC1C(=O)N(CCCCc1ccccc1)C2=O. The molecular formula is C18H24N2O2. The van der Waals surface area contributed by atoms with Gasteiger partial charge in [-0.05, 0) is 51.1 Å². The Morgan fingerprint density at radius 2 is 1.64 bits per heavy atom. The summed E-state index contributed by atoms with van der Waals surface area (Å²) in [7, 11) is 1.91. The second kappa shape index (κ2) is 6.61. The van der Waals surface area contributed by atoms with Crippen LogP contribution in [0.25, 0.3) is 0 Å². The molecule has 118 valence electrons. The number of fused-ring (bicyclic) bond motifs is 2. The van der Waals surface area contributed by atoms with Crippen molar-refractivity contribution in [3.8, 4) is 0 Å². The molecule has 0 aliphatic carbocycles. The van der Waals surface area contributed by atoms with Crippen molar-refractivity contribution in [2.75, 3.05) is 13.6 Å². The maximum atomic E-state index is 12.5. The van der Waals surface area contributed by atoms with Crippen molar-refractivity contribution in [1.82, 2.24) is 9.80 Å². The zero-order chi connectivity index (χ0) is 15.5. The number of hydrogen-bond acceptors (Lipinski definition) is 3. The Hall–Kier alpha value is -1.68. The molecule has 2 saturated heterocycles. The van der Waals surface area contributed by atoms with Crippen LogP contribution in [-0.4, -0.2) is 47.3 Å². The molecule has 1 aromatic carbocycles. The minimum atomic E-state index is -0.0782. The summed E-state index contributed by atoms with van der Waals surface area (Å²) in [5.74, 6) is 0.0336. The molecule has 4 heteroatoms. The molecule has 3 rings (SSSR count). The fourth-order valence-electron chi connectivity index (χ4n) is 3.66. The van der Waals surface area contributed by atoms with E-state index < -0.39 is 0 Å². The first-order chi connectivity index (χ1) is 10.7. The number of rotatable bonds is 5. The number of unbranched alkanes of at least 4 members (excludes halogenated alkanes) is 1. The van der Waals surface area contributed by atoms with Crippen LogP contribution < -0.4 is 0 Å². The van der Waals surface area contributed by atoms with Crippen LogP contribution in [0.2, 0.25) is 0 Å². The largest absolute Gasteiger partial charge is 0.283 e. The predicted molar refractivity (Wildman–Crippen MR) is 85.3 cm³/mol. The highest BCUT2D eigenvalue weighted by Crippen LogP contribution is 2.29. The number of hydrogen-bond donors (Lipinski definition) is 0. The van der Waals surface area contributed by atoms with Gasteiger partial charge in [0.2, 0.25) is 11.8 Å². The molecule has 4 nitrogen and oxygen atoms in total. The molecule has 22 heavy (non-hydrogen) atoms. The van der Waals surface area contributed by atoms with Crippen molar-refractivity contribution in [3.63, 3.8) is 0 Å². The third-order valence-electron chi connectivity index (χ3n) is 4.98. The van der Waals surface area contributed by atoms with E-state index in [1.807, 2.05) is 30.1 Å². The van der Waals surface area contributed by atoms with E-state index in [1.165, 1.54) is 10.5 Å². The highest BCUT2D eigenvalue weighted by atomic mass is 16.2. The van der Waals surface area contributed by atoms with Gasteiger partial charge in [-0.15, -0.1) is 0 Å². The van der Waals surface area contributed by atoms with Crippen molar-refractivity contribution in [1.29, 1.82) is 0 Å². The zero-order valence-corrected chi connectivity index (χ0v) is 13.2. The number of carbonyl (C=O) groups excluding carboxylic acids is 2. The summed E-state index contributed by atoms with van der Waals surface area (Å²) in [6.07, 6.45) is 5.66. The minimum Gasteiger partial charge on any atom is -0.283 e. The van der Waals surface area contributed by atoms with Crippen LogP contribution in [0.4, 0.5) is 0 Å². The lowest BCUT2D eigenvalue weighted by molar-refractivity contribution is -0.162. The van der Waals surface area contributed by atoms with Gasteiger partial charge in [-0.3, -0.25) is 19.4 Å². The summed E-state index contributed by atoms with van der Waals surface area (Å²) in [4.78, 5) is 28.5. The molecule has 2 bridgehead atoms. The van der Waals surface area contributed by atoms with Gasteiger partial charge < -0.3 is 0 Å². The average molecular weight is 300 g/mol. The number of piperazine rings is 1. The Labute approximate surface area is 132 Å². The number of likely N-dealkylation sites (N-methyl/N-ethyl adjacent to an activating group) is 1. The quantitative estimate of drug-likeness (QED) is 0.618. The summed E-state index contributed by atoms with van der Waals surface area (Å²) in [6.45, 7) is 0.575. The standard InChI is InChI=1S/C18H24N2O2/c1-19-15-11-7-12-16(19)18(22)20(17(15)21)13-6-5-10-14-8-3-2-4-9-14/h2-4,8-9,15-16H,5-7,10-13H2,1H3. The lowest BCUT2D eigenvalue weighted by atomic mass is 9.90. The molecule has 0 radical (unpaired) electrons. The molecule has 0 spiro atoms. The number of benzene rings is 1. The Morgan fingerprint density at radius 1 is 1.00 bits per heavy atom. The second-order valence-electron chi connectivity index (χ2n) is 6.40. The van der Waals surface area contributed by atoms with Gasteiger partial charge in [0.05, 0.1) is 12.1 Å². The molecule has 0 N–H and O–H groups in total. The van der Waals surface area contributed by atoms with Crippen molar-refractivity contribution in [2.45, 2.75) is 50.6 Å². The second-order valence-corrected chi connectivity index (χ2v) is 6.40. The maximum Gasteiger partial charge on any atom is 0.246 e. The van der Waals surface area contributed by atoms with Crippen molar-refractivity contribution < 1.29 is 9.59 Å². The molecule has 2 heterocycles. The van der Waals surface area contributed by atoms with Gasteiger partial charge >= 0.3 is 0 Å². The minimum absolute atomic E-state index is 0.0168. The highest BCUT2D eigenvalue weighted by Gasteiger charge is 2.46. The lowest BCUT2D eigenvalue weighted by Crippen LogP contribution is -2.65. The van der Waals surface area contributed by atoms with Gasteiger partial charge in [-0.25, -0.2) is 0 Å². The molecule has 2 unspecified atom stereocenters. The molecule has 2 fully saturated rings. The molecule has 2 amide bonds. The molecule has 2 aliphatic heterocycles. The van der Waals surface area contributed by atoms with E-state index in [0.717, 1.165) is 38.5 Å². The maximum absolute atomic E-state index is 12.5. The zero-order valence-electron chi connectivity index (χ0n) is 13.2. The monoisotopic (exact) mass is 300 g/mol. The third kappa shape index (κ3) is 2.93. The number of piperidine rings is 1. The topological polar surface area (TPSA) is 40.6 Å². The molecule has 2 aliphatic rings. The Morgan fingerprint density at radius 3 is 2.27 bits per heavy atom. The molecule has 0 saturated carbocycles. The summed E-state index contributed by atoms with van der Waals surface area (Å²) in [5.41, 5.74) is 1.32. The van der Waals surface area contributed by atoms with Crippen LogP contribution >= 0.6 is 0 Å². The average Bonchev–Trinajstić information content (AvgIpc) is 2.54. The van der Waals surface area contributed by atoms with Crippen LogP contribution in [0, 0.1) is 0 Å². The Kier molecular flexibility index (Phi) is 4.57. The van der Waals surface area contributed by atoms with E-state index in [9.17, 15) is 9.59 Å². The molecule has 1 aromatic rings. The van der Waals surface area contributed by atoms with Crippen LogP contribution in [0.1, 0.15) is 37.7 Å². The first-order valence-electron chi connectivity index (χ1n) is 8.29. The van der Waals surface area contributed by atoms with Crippen LogP contribution in [0.5, 0.6) is 0 Å². The van der Waals surface area contributed by atoms with Gasteiger partial charge in [0.15, 0.2) is 0 Å². The summed E-state index contributed by atoms with van der Waals surface area (Å²) < 4.78 is 0. The molecule has 0 aromatic heterocycles. The van der Waals surface area contributed by atoms with Crippen molar-refractivity contribution in [2.24, 2.45) is 0 Å². The van der Waals surface area contributed by atoms with E-state index in [-0.39, 0.29) is 23.9 Å². The predicted octanol–water partition coefficient (Wildman–Crippen LogP) is 2.23. The summed E-state index contributed by atoms with van der Waals surface area (Å²) in [5, 5.41) is 0. The number of amides is 2. The Bertz CT molecular complexity index is 519. The van der Waals surface area contributed by atoms with Gasteiger partial charge in [-0.1, -0.05) is 30.3 Å². The molecule has 2 atom stereocenters. The van der Waals surface area contributed by atoms with Crippen LogP contribution in [0.15, 0.2) is 30.3 Å². The summed E-state index contributed by atoms with van der Waals surface area (Å²) >= 11 is 0. The molecular weight excluding hydrogens is 276 g/mol. The summed E-state index contributed by atoms with van der Waals surface area (Å²) in [6, 6.07) is 10.2. The fourth-order valence-corrected chi connectivity index (χ4v) is 3.66. The highest BCUT2D eigenvalue weighted by molar-refractivity contribution is 6.03. The van der Waals surface area contributed by atoms with Crippen molar-refractivity contribution in [3.05, 3.63) is 35.9 Å². The number of carbonyl (C=O) groups is 2. The van der Waals surface area contributed by atoms with Gasteiger partial charge in [0, 0.05) is 6.54 Å². The smallest absolute Gasteiger partial charge is 0.246 e. The van der Waals surface area contributed by atoms with Gasteiger partial charge in [0.25, 0.3) is 0 Å². The third-order valence-corrected chi connectivity index (χ3v) is 4.98. The number of imide groups is 1. The van der Waals surface area contributed by atoms with Gasteiger partial charge in [0.1, 0.15) is 0 Å². The van der Waals surface area contributed by atoms with E-state index >= 15 is 0 Å². The number of nitrogens with zero attached hydrogens (tertiary/aromatic N) is 2. The fraction of sp³-hybridized carbons (Fsp3) is 0.556. The number of aryl methyl sites for hydroxylation is 1. The first kappa shape index (κ1) is 15.2. The van der Waals surface area contributed by atoms with Crippen LogP contribution in [-0.2, 0) is 16.0 Å². The number of likely N-dealkylation sites (tertiary alicyclic amines) is 1. The van der Waals surface area contributed by atoms with E-state index in [1.54, 1.807) is 0 Å². The van der Waals surface area contributed by atoms with E-state index in [4.69, 9.17) is 0 Å². The van der Waals surface area contributed by atoms with E-state index in [2.05, 4.69) is 12.1 Å². The van der Waals surface area contributed by atoms with Crippen molar-refractivity contribution >= 4 is 11.8 Å². The van der Waals surface area contributed by atoms with Gasteiger partial charge in [-0.2, -0.15) is 0 Å². The Balaban J connectivity index is 1.53. The first-order valence-corrected chi connectivity index (χ1v) is 8.29. The lowest BCUT2D eigenvalue weighted by Gasteiger charge is -2.45.